The van der Waals surface area contributed by atoms with Gasteiger partial charge in [-0.3, -0.25) is 0 Å². The van der Waals surface area contributed by atoms with Gasteiger partial charge in [0.2, 0.25) is 0 Å². The first kappa shape index (κ1) is 28.7. The summed E-state index contributed by atoms with van der Waals surface area (Å²) in [6, 6.07) is 7.06. The summed E-state index contributed by atoms with van der Waals surface area (Å²) in [5, 5.41) is 1.31. The molecule has 0 N–H and O–H groups in total. The number of benzene rings is 1. The van der Waals surface area contributed by atoms with Crippen LogP contribution in [0.5, 0.6) is 0 Å². The molecule has 0 radical (unpaired) electrons. The van der Waals surface area contributed by atoms with Gasteiger partial charge in [-0.2, -0.15) is 0 Å². The quantitative estimate of drug-likeness (QED) is 0.319. The van der Waals surface area contributed by atoms with Gasteiger partial charge in [0.25, 0.3) is 0 Å². The third-order valence-electron chi connectivity index (χ3n) is 14.0. The summed E-state index contributed by atoms with van der Waals surface area (Å²) in [6.45, 7) is 0. The van der Waals surface area contributed by atoms with E-state index in [0.29, 0.717) is 11.8 Å². The predicted molar refractivity (Wildman–Crippen MR) is 202 cm³/mol. The molecule has 6 atom stereocenters. The summed E-state index contributed by atoms with van der Waals surface area (Å²) < 4.78 is 6.70. The highest BCUT2D eigenvalue weighted by atomic mass is 16.3. The second-order valence-electron chi connectivity index (χ2n) is 16.5. The zero-order chi connectivity index (χ0) is 32.1. The highest BCUT2D eigenvalue weighted by Crippen LogP contribution is 2.52. The lowest BCUT2D eigenvalue weighted by molar-refractivity contribution is 0.321. The van der Waals surface area contributed by atoms with Crippen molar-refractivity contribution in [1.29, 1.82) is 0 Å². The summed E-state index contributed by atoms with van der Waals surface area (Å²) in [4.78, 5) is 0. The standard InChI is InChI=1S/C48H46O/c1-3-7-41-29(5-1)9-15-37-23-39-21-31(11-13-33(39)25-45(37)41)35-17-19-43-44-20-18-36(28-48(44)49-47(43)27-35)32-12-14-34-26-46-38(24-40(34)22-32)16-10-30-6-2-4-8-42(30)46/h1-3,6-7,10-11,13,16-17,19,22,24-25,27-29,34,37,39,42,46H,4-5,8-9,12,14-15,18,20-21,23,26H2. The van der Waals surface area contributed by atoms with E-state index in [1.807, 2.05) is 0 Å². The van der Waals surface area contributed by atoms with E-state index in [0.717, 1.165) is 54.3 Å². The lowest BCUT2D eigenvalue weighted by atomic mass is 9.64. The fourth-order valence-corrected chi connectivity index (χ4v) is 11.4. The molecule has 0 bridgehead atoms. The Morgan fingerprint density at radius 2 is 1.51 bits per heavy atom. The zero-order valence-electron chi connectivity index (χ0n) is 28.6. The van der Waals surface area contributed by atoms with Crippen LogP contribution in [0.3, 0.4) is 0 Å². The number of furan rings is 1. The van der Waals surface area contributed by atoms with E-state index in [9.17, 15) is 0 Å². The molecule has 244 valence electrons. The lowest BCUT2D eigenvalue weighted by Crippen LogP contribution is -2.29. The molecule has 2 aromatic rings. The predicted octanol–water partition coefficient (Wildman–Crippen LogP) is 12.4. The van der Waals surface area contributed by atoms with Gasteiger partial charge in [0.15, 0.2) is 0 Å². The van der Waals surface area contributed by atoms with Crippen molar-refractivity contribution in [3.8, 4) is 0 Å². The Balaban J connectivity index is 0.864. The molecule has 6 unspecified atom stereocenters. The Labute approximate surface area is 291 Å². The molecule has 0 spiro atoms. The van der Waals surface area contributed by atoms with Gasteiger partial charge in [-0.1, -0.05) is 85.0 Å². The molecular formula is C48H46O. The molecule has 1 heterocycles. The smallest absolute Gasteiger partial charge is 0.135 e. The largest absolute Gasteiger partial charge is 0.456 e. The van der Waals surface area contributed by atoms with Crippen LogP contribution in [0, 0.1) is 35.5 Å². The summed E-state index contributed by atoms with van der Waals surface area (Å²) in [5.74, 6) is 5.39. The Morgan fingerprint density at radius 1 is 0.592 bits per heavy atom. The van der Waals surface area contributed by atoms with Gasteiger partial charge in [0, 0.05) is 10.9 Å². The molecule has 9 aliphatic rings. The van der Waals surface area contributed by atoms with E-state index in [1.54, 1.807) is 39.0 Å². The van der Waals surface area contributed by atoms with Gasteiger partial charge < -0.3 is 4.42 Å². The fraction of sp³-hybridized carbons (Fsp3) is 0.375. The average Bonchev–Trinajstić information content (AvgIpc) is 3.53. The van der Waals surface area contributed by atoms with Gasteiger partial charge in [0.05, 0.1) is 0 Å². The van der Waals surface area contributed by atoms with Crippen LogP contribution in [-0.2, 0) is 6.42 Å². The molecule has 1 aromatic heterocycles. The second kappa shape index (κ2) is 11.2. The van der Waals surface area contributed by atoms with Gasteiger partial charge in [-0.15, -0.1) is 0 Å². The van der Waals surface area contributed by atoms with Gasteiger partial charge in [0.1, 0.15) is 11.3 Å². The number of aryl methyl sites for hydroxylation is 1. The summed E-state index contributed by atoms with van der Waals surface area (Å²) >= 11 is 0. The van der Waals surface area contributed by atoms with Crippen LogP contribution in [0.4, 0.5) is 0 Å². The van der Waals surface area contributed by atoms with Gasteiger partial charge in [-0.05, 0) is 180 Å². The first-order valence-electron chi connectivity index (χ1n) is 19.5. The first-order chi connectivity index (χ1) is 24.2. The van der Waals surface area contributed by atoms with Crippen LogP contribution in [0.1, 0.15) is 87.5 Å². The Kier molecular flexibility index (Phi) is 6.57. The molecule has 1 nitrogen and oxygen atoms in total. The number of hydrogen-bond acceptors (Lipinski definition) is 1. The van der Waals surface area contributed by atoms with Crippen molar-refractivity contribution in [3.05, 3.63) is 153 Å². The topological polar surface area (TPSA) is 13.1 Å². The Bertz CT molecular complexity index is 2150. The highest BCUT2D eigenvalue weighted by molar-refractivity contribution is 5.89. The van der Waals surface area contributed by atoms with Gasteiger partial charge >= 0.3 is 0 Å². The van der Waals surface area contributed by atoms with Crippen LogP contribution in [0.15, 0.2) is 140 Å². The molecule has 49 heavy (non-hydrogen) atoms. The zero-order valence-corrected chi connectivity index (χ0v) is 28.6. The minimum absolute atomic E-state index is 0.636. The third kappa shape index (κ3) is 4.71. The fourth-order valence-electron chi connectivity index (χ4n) is 11.4. The van der Waals surface area contributed by atoms with E-state index in [-0.39, 0.29) is 0 Å². The van der Waals surface area contributed by atoms with E-state index >= 15 is 0 Å². The third-order valence-corrected chi connectivity index (χ3v) is 14.0. The highest BCUT2D eigenvalue weighted by Gasteiger charge is 2.38. The van der Waals surface area contributed by atoms with Crippen LogP contribution >= 0.6 is 0 Å². The van der Waals surface area contributed by atoms with Crippen molar-refractivity contribution in [2.24, 2.45) is 35.5 Å². The van der Waals surface area contributed by atoms with E-state index in [4.69, 9.17) is 4.42 Å². The van der Waals surface area contributed by atoms with Crippen LogP contribution in [-0.4, -0.2) is 0 Å². The van der Waals surface area contributed by atoms with Gasteiger partial charge in [-0.25, -0.2) is 0 Å². The first-order valence-corrected chi connectivity index (χ1v) is 19.5. The van der Waals surface area contributed by atoms with Crippen LogP contribution in [0.2, 0.25) is 0 Å². The monoisotopic (exact) mass is 638 g/mol. The number of allylic oxidation sites excluding steroid dienone is 21. The van der Waals surface area contributed by atoms with E-state index in [1.165, 1.54) is 85.4 Å². The van der Waals surface area contributed by atoms with Crippen molar-refractivity contribution < 1.29 is 4.42 Å². The molecule has 0 aliphatic heterocycles. The second-order valence-corrected chi connectivity index (χ2v) is 16.5. The number of hydrogen-bond donors (Lipinski definition) is 0. The van der Waals surface area contributed by atoms with Crippen LogP contribution in [0.25, 0.3) is 22.6 Å². The molecule has 1 aromatic carbocycles. The Morgan fingerprint density at radius 3 is 2.51 bits per heavy atom. The molecule has 0 amide bonds. The molecule has 9 aliphatic carbocycles. The minimum atomic E-state index is 0.636. The van der Waals surface area contributed by atoms with Crippen molar-refractivity contribution in [3.63, 3.8) is 0 Å². The summed E-state index contributed by atoms with van der Waals surface area (Å²) in [6.07, 6.45) is 46.5. The summed E-state index contributed by atoms with van der Waals surface area (Å²) in [7, 11) is 0. The number of rotatable bonds is 2. The Hall–Kier alpha value is -4.10. The van der Waals surface area contributed by atoms with Crippen molar-refractivity contribution >= 4 is 22.6 Å². The molecular weight excluding hydrogens is 593 g/mol. The number of fused-ring (bicyclic) bond motifs is 11. The van der Waals surface area contributed by atoms with Crippen molar-refractivity contribution in [2.45, 2.75) is 77.0 Å². The maximum atomic E-state index is 6.70. The van der Waals surface area contributed by atoms with E-state index < -0.39 is 0 Å². The molecule has 11 rings (SSSR count). The summed E-state index contributed by atoms with van der Waals surface area (Å²) in [5.41, 5.74) is 17.9. The van der Waals surface area contributed by atoms with Crippen LogP contribution < -0.4 is 0 Å². The SMILES string of the molecule is C1=CCC2CCC3CC4CC(c5ccc6c7c(oc6c5)C=C(C5=CC6=CC8=CC=C9C=CCCC9C8CC6CC5)CC7)=CC=C4C=C3C2=C1. The molecule has 0 saturated heterocycles. The molecule has 1 heteroatoms. The maximum absolute atomic E-state index is 6.70. The van der Waals surface area contributed by atoms with E-state index in [2.05, 4.69) is 97.2 Å². The normalized spacial score (nSPS) is 32.4. The minimum Gasteiger partial charge on any atom is -0.456 e. The lowest BCUT2D eigenvalue weighted by Gasteiger charge is -2.41. The molecule has 1 saturated carbocycles. The average molecular weight is 639 g/mol. The molecule has 1 fully saturated rings. The maximum Gasteiger partial charge on any atom is 0.135 e. The van der Waals surface area contributed by atoms with Crippen molar-refractivity contribution in [2.75, 3.05) is 0 Å². The van der Waals surface area contributed by atoms with Crippen molar-refractivity contribution in [1.82, 2.24) is 0 Å².